The summed E-state index contributed by atoms with van der Waals surface area (Å²) in [5, 5.41) is 2.49. The van der Waals surface area contributed by atoms with E-state index < -0.39 is 6.09 Å². The first-order chi connectivity index (χ1) is 8.63. The van der Waals surface area contributed by atoms with Crippen molar-refractivity contribution >= 4 is 12.0 Å². The fourth-order valence-corrected chi connectivity index (χ4v) is 1.49. The number of rotatable bonds is 2. The van der Waals surface area contributed by atoms with Gasteiger partial charge >= 0.3 is 6.09 Å². The first kappa shape index (κ1) is 12.0. The number of ether oxygens (including phenoxy) is 1. The van der Waals surface area contributed by atoms with E-state index >= 15 is 0 Å². The lowest BCUT2D eigenvalue weighted by Gasteiger charge is -2.06. The predicted molar refractivity (Wildman–Crippen MR) is 67.6 cm³/mol. The monoisotopic (exact) mass is 243 g/mol. The largest absolute Gasteiger partial charge is 0.419 e. The maximum atomic E-state index is 11.6. The second kappa shape index (κ2) is 5.27. The SMILES string of the molecule is Cc1cc(C)nc(NC(=O)Oc2ccccc2)n1. The van der Waals surface area contributed by atoms with Crippen molar-refractivity contribution in [1.29, 1.82) is 0 Å². The number of anilines is 1. The molecule has 0 aliphatic carbocycles. The van der Waals surface area contributed by atoms with Crippen molar-refractivity contribution in [3.63, 3.8) is 0 Å². The Bertz CT molecular complexity index is 535. The van der Waals surface area contributed by atoms with Gasteiger partial charge in [-0.25, -0.2) is 14.8 Å². The molecule has 0 radical (unpaired) electrons. The highest BCUT2D eigenvalue weighted by molar-refractivity contribution is 5.84. The van der Waals surface area contributed by atoms with E-state index in [4.69, 9.17) is 4.74 Å². The van der Waals surface area contributed by atoms with Crippen LogP contribution in [0.3, 0.4) is 0 Å². The topological polar surface area (TPSA) is 64.1 Å². The number of carbonyl (C=O) groups excluding carboxylic acids is 1. The Morgan fingerprint density at radius 3 is 2.33 bits per heavy atom. The number of hydrogen-bond acceptors (Lipinski definition) is 4. The molecule has 0 spiro atoms. The molecule has 5 heteroatoms. The normalized spacial score (nSPS) is 9.89. The van der Waals surface area contributed by atoms with E-state index in [2.05, 4.69) is 15.3 Å². The summed E-state index contributed by atoms with van der Waals surface area (Å²) < 4.78 is 5.07. The molecule has 0 aliphatic heterocycles. The van der Waals surface area contributed by atoms with Gasteiger partial charge < -0.3 is 4.74 Å². The van der Waals surface area contributed by atoms with Crippen molar-refractivity contribution in [2.45, 2.75) is 13.8 Å². The van der Waals surface area contributed by atoms with Crippen molar-refractivity contribution in [2.75, 3.05) is 5.32 Å². The van der Waals surface area contributed by atoms with Crippen molar-refractivity contribution in [2.24, 2.45) is 0 Å². The van der Waals surface area contributed by atoms with Gasteiger partial charge in [0.2, 0.25) is 5.95 Å². The summed E-state index contributed by atoms with van der Waals surface area (Å²) in [5.74, 6) is 0.716. The fourth-order valence-electron chi connectivity index (χ4n) is 1.49. The molecule has 0 aliphatic rings. The van der Waals surface area contributed by atoms with E-state index in [-0.39, 0.29) is 5.95 Å². The maximum absolute atomic E-state index is 11.6. The van der Waals surface area contributed by atoms with Crippen LogP contribution in [0.4, 0.5) is 10.7 Å². The van der Waals surface area contributed by atoms with Crippen LogP contribution in [0.2, 0.25) is 0 Å². The standard InChI is InChI=1S/C13H13N3O2/c1-9-8-10(2)15-12(14-9)16-13(17)18-11-6-4-3-5-7-11/h3-8H,1-2H3,(H,14,15,16,17). The number of nitrogens with zero attached hydrogens (tertiary/aromatic N) is 2. The molecule has 1 heterocycles. The Balaban J connectivity index is 2.03. The number of hydrogen-bond donors (Lipinski definition) is 1. The Hall–Kier alpha value is -2.43. The Labute approximate surface area is 105 Å². The average molecular weight is 243 g/mol. The summed E-state index contributed by atoms with van der Waals surface area (Å²) in [4.78, 5) is 19.8. The van der Waals surface area contributed by atoms with Crippen molar-refractivity contribution in [1.82, 2.24) is 9.97 Å². The highest BCUT2D eigenvalue weighted by Gasteiger charge is 2.07. The zero-order valence-electron chi connectivity index (χ0n) is 10.2. The molecule has 0 bridgehead atoms. The Morgan fingerprint density at radius 2 is 1.72 bits per heavy atom. The molecule has 0 unspecified atom stereocenters. The quantitative estimate of drug-likeness (QED) is 0.880. The third-order valence-corrected chi connectivity index (χ3v) is 2.15. The summed E-state index contributed by atoms with van der Waals surface area (Å²) in [6.07, 6.45) is -0.605. The van der Waals surface area contributed by atoms with Gasteiger partial charge in [0.05, 0.1) is 0 Å². The molecule has 1 aromatic carbocycles. The van der Waals surface area contributed by atoms with Crippen LogP contribution in [-0.4, -0.2) is 16.1 Å². The average Bonchev–Trinajstić information content (AvgIpc) is 2.28. The molecule has 0 saturated carbocycles. The molecule has 0 atom stereocenters. The number of nitrogens with one attached hydrogen (secondary N) is 1. The molecule has 5 nitrogen and oxygen atoms in total. The fraction of sp³-hybridized carbons (Fsp3) is 0.154. The van der Waals surface area contributed by atoms with Gasteiger partial charge in [-0.1, -0.05) is 18.2 Å². The molecule has 0 saturated heterocycles. The van der Waals surface area contributed by atoms with Crippen LogP contribution in [-0.2, 0) is 0 Å². The van der Waals surface area contributed by atoms with E-state index in [1.165, 1.54) is 0 Å². The summed E-state index contributed by atoms with van der Waals surface area (Å²) in [7, 11) is 0. The molecule has 2 rings (SSSR count). The second-order valence-corrected chi connectivity index (χ2v) is 3.80. The lowest BCUT2D eigenvalue weighted by atomic mass is 10.3. The minimum absolute atomic E-state index is 0.244. The third kappa shape index (κ3) is 3.28. The van der Waals surface area contributed by atoms with Crippen LogP contribution >= 0.6 is 0 Å². The maximum Gasteiger partial charge on any atom is 0.419 e. The summed E-state index contributed by atoms with van der Waals surface area (Å²) in [6, 6.07) is 10.6. The molecule has 92 valence electrons. The lowest BCUT2D eigenvalue weighted by Crippen LogP contribution is -2.18. The molecular formula is C13H13N3O2. The number of para-hydroxylation sites is 1. The minimum Gasteiger partial charge on any atom is -0.410 e. The van der Waals surface area contributed by atoms with Crippen LogP contribution in [0.15, 0.2) is 36.4 Å². The second-order valence-electron chi connectivity index (χ2n) is 3.80. The van der Waals surface area contributed by atoms with Gasteiger partial charge in [0.25, 0.3) is 0 Å². The van der Waals surface area contributed by atoms with Gasteiger partial charge in [-0.3, -0.25) is 5.32 Å². The molecule has 0 fully saturated rings. The van der Waals surface area contributed by atoms with E-state index in [0.29, 0.717) is 5.75 Å². The number of benzene rings is 1. The third-order valence-electron chi connectivity index (χ3n) is 2.15. The number of aryl methyl sites for hydroxylation is 2. The van der Waals surface area contributed by atoms with Crippen molar-refractivity contribution < 1.29 is 9.53 Å². The van der Waals surface area contributed by atoms with E-state index in [9.17, 15) is 4.79 Å². The summed E-state index contributed by atoms with van der Waals surface area (Å²) in [6.45, 7) is 3.67. The van der Waals surface area contributed by atoms with E-state index in [0.717, 1.165) is 11.4 Å². The number of aromatic nitrogens is 2. The number of carbonyl (C=O) groups is 1. The molecule has 18 heavy (non-hydrogen) atoms. The van der Waals surface area contributed by atoms with Gasteiger partial charge in [-0.15, -0.1) is 0 Å². The highest BCUT2D eigenvalue weighted by atomic mass is 16.6. The smallest absolute Gasteiger partial charge is 0.410 e. The first-order valence-corrected chi connectivity index (χ1v) is 5.49. The van der Waals surface area contributed by atoms with E-state index in [1.54, 1.807) is 24.3 Å². The van der Waals surface area contributed by atoms with Gasteiger partial charge in [0.1, 0.15) is 5.75 Å². The van der Waals surface area contributed by atoms with Crippen molar-refractivity contribution in [3.8, 4) is 5.75 Å². The van der Waals surface area contributed by atoms with Crippen LogP contribution in [0.25, 0.3) is 0 Å². The van der Waals surface area contributed by atoms with E-state index in [1.807, 2.05) is 26.0 Å². The van der Waals surface area contributed by atoms with Gasteiger partial charge in [-0.2, -0.15) is 0 Å². The van der Waals surface area contributed by atoms with Gasteiger partial charge in [-0.05, 0) is 32.0 Å². The van der Waals surface area contributed by atoms with Crippen LogP contribution in [0, 0.1) is 13.8 Å². The highest BCUT2D eigenvalue weighted by Crippen LogP contribution is 2.10. The Kier molecular flexibility index (Phi) is 3.52. The summed E-state index contributed by atoms with van der Waals surface area (Å²) >= 11 is 0. The zero-order valence-corrected chi connectivity index (χ0v) is 10.2. The van der Waals surface area contributed by atoms with Crippen LogP contribution in [0.1, 0.15) is 11.4 Å². The summed E-state index contributed by atoms with van der Waals surface area (Å²) in [5.41, 5.74) is 1.58. The van der Waals surface area contributed by atoms with Gasteiger partial charge in [0.15, 0.2) is 0 Å². The molecular weight excluding hydrogens is 230 g/mol. The molecule has 1 amide bonds. The number of amides is 1. The minimum atomic E-state index is -0.605. The van der Waals surface area contributed by atoms with Crippen LogP contribution in [0.5, 0.6) is 5.75 Å². The zero-order chi connectivity index (χ0) is 13.0. The first-order valence-electron chi connectivity index (χ1n) is 5.49. The Morgan fingerprint density at radius 1 is 1.11 bits per heavy atom. The predicted octanol–water partition coefficient (Wildman–Crippen LogP) is 2.70. The lowest BCUT2D eigenvalue weighted by molar-refractivity contribution is 0.215. The molecule has 1 aromatic heterocycles. The van der Waals surface area contributed by atoms with Gasteiger partial charge in [0, 0.05) is 11.4 Å². The van der Waals surface area contributed by atoms with Crippen molar-refractivity contribution in [3.05, 3.63) is 47.8 Å². The molecule has 1 N–H and O–H groups in total. The molecule has 2 aromatic rings. The van der Waals surface area contributed by atoms with Crippen LogP contribution < -0.4 is 10.1 Å².